The van der Waals surface area contributed by atoms with Gasteiger partial charge in [-0.2, -0.15) is 0 Å². The number of carbonyl (C=O) groups excluding carboxylic acids is 1. The number of guanidine groups is 1. The molecule has 0 aliphatic rings. The van der Waals surface area contributed by atoms with E-state index in [9.17, 15) is 4.79 Å². The Morgan fingerprint density at radius 3 is 2.74 bits per heavy atom. The van der Waals surface area contributed by atoms with Crippen LogP contribution in [-0.4, -0.2) is 36.5 Å². The molecule has 27 heavy (non-hydrogen) atoms. The zero-order valence-corrected chi connectivity index (χ0v) is 19.4. The molecule has 1 heterocycles. The highest BCUT2D eigenvalue weighted by atomic mass is 127. The number of aliphatic imine (C=N–C) groups is 1. The normalized spacial score (nSPS) is 10.7. The average molecular weight is 546 g/mol. The molecule has 0 saturated carbocycles. The molecule has 0 aliphatic carbocycles. The molecule has 0 atom stereocenters. The van der Waals surface area contributed by atoms with Gasteiger partial charge in [0, 0.05) is 41.6 Å². The molecular weight excluding hydrogens is 521 g/mol. The van der Waals surface area contributed by atoms with Crippen molar-refractivity contribution in [1.29, 1.82) is 0 Å². The molecular formula is C19H25BrIN5O. The molecule has 0 unspecified atom stereocenters. The first-order chi connectivity index (χ1) is 12.6. The highest BCUT2D eigenvalue weighted by Crippen LogP contribution is 2.20. The lowest BCUT2D eigenvalue weighted by Crippen LogP contribution is -2.39. The summed E-state index contributed by atoms with van der Waals surface area (Å²) in [5.74, 6) is 0.456. The second-order valence-electron chi connectivity index (χ2n) is 5.70. The molecule has 2 aromatic rings. The summed E-state index contributed by atoms with van der Waals surface area (Å²) in [6, 6.07) is 11.6. The molecule has 3 N–H and O–H groups in total. The maximum absolute atomic E-state index is 12.2. The topological polar surface area (TPSA) is 78.4 Å². The molecule has 2 rings (SSSR count). The van der Waals surface area contributed by atoms with Crippen molar-refractivity contribution in [2.75, 3.05) is 25.0 Å². The number of aryl methyl sites for hydroxylation is 1. The molecule has 0 bridgehead atoms. The summed E-state index contributed by atoms with van der Waals surface area (Å²) < 4.78 is 0.923. The van der Waals surface area contributed by atoms with E-state index in [-0.39, 0.29) is 36.4 Å². The maximum atomic E-state index is 12.2. The Kier molecular flexibility index (Phi) is 11.0. The number of nitrogens with zero attached hydrogens (tertiary/aromatic N) is 2. The van der Waals surface area contributed by atoms with Gasteiger partial charge in [-0.1, -0.05) is 28.1 Å². The molecule has 0 radical (unpaired) electrons. The number of anilines is 1. The summed E-state index contributed by atoms with van der Waals surface area (Å²) in [6.45, 7) is 5.40. The Balaban J connectivity index is 0.00000364. The number of amides is 1. The third kappa shape index (κ3) is 8.70. The van der Waals surface area contributed by atoms with Crippen LogP contribution in [0.2, 0.25) is 0 Å². The number of hydrogen-bond donors (Lipinski definition) is 3. The Morgan fingerprint density at radius 2 is 2.04 bits per heavy atom. The van der Waals surface area contributed by atoms with E-state index in [0.29, 0.717) is 12.5 Å². The van der Waals surface area contributed by atoms with Crippen LogP contribution in [0.25, 0.3) is 0 Å². The van der Waals surface area contributed by atoms with Crippen molar-refractivity contribution >= 4 is 57.5 Å². The first-order valence-electron chi connectivity index (χ1n) is 8.56. The van der Waals surface area contributed by atoms with Gasteiger partial charge in [0.05, 0.1) is 0 Å². The largest absolute Gasteiger partial charge is 0.357 e. The highest BCUT2D eigenvalue weighted by Gasteiger charge is 2.06. The van der Waals surface area contributed by atoms with E-state index in [1.54, 1.807) is 6.20 Å². The van der Waals surface area contributed by atoms with Crippen molar-refractivity contribution in [2.45, 2.75) is 20.3 Å². The van der Waals surface area contributed by atoms with Gasteiger partial charge >= 0.3 is 0 Å². The smallest absolute Gasteiger partial charge is 0.246 e. The number of benzene rings is 1. The fourth-order valence-corrected chi connectivity index (χ4v) is 2.63. The first kappa shape index (κ1) is 23.4. The lowest BCUT2D eigenvalue weighted by Gasteiger charge is -2.12. The van der Waals surface area contributed by atoms with Crippen molar-refractivity contribution in [3.63, 3.8) is 0 Å². The Bertz CT molecular complexity index is 755. The van der Waals surface area contributed by atoms with Crippen LogP contribution in [0.5, 0.6) is 0 Å². The van der Waals surface area contributed by atoms with Gasteiger partial charge in [0.15, 0.2) is 5.96 Å². The summed E-state index contributed by atoms with van der Waals surface area (Å²) in [7, 11) is 0. The molecule has 0 spiro atoms. The van der Waals surface area contributed by atoms with Gasteiger partial charge in [-0.3, -0.25) is 9.78 Å². The van der Waals surface area contributed by atoms with Crippen LogP contribution in [0, 0.1) is 6.92 Å². The number of hydrogen-bond acceptors (Lipinski definition) is 3. The predicted molar refractivity (Wildman–Crippen MR) is 125 cm³/mol. The van der Waals surface area contributed by atoms with Gasteiger partial charge in [0.1, 0.15) is 6.54 Å². The summed E-state index contributed by atoms with van der Waals surface area (Å²) in [5.41, 5.74) is 2.80. The van der Waals surface area contributed by atoms with Crippen molar-refractivity contribution in [3.05, 3.63) is 58.3 Å². The number of rotatable bonds is 7. The number of aromatic nitrogens is 1. The average Bonchev–Trinajstić information content (AvgIpc) is 2.63. The second-order valence-corrected chi connectivity index (χ2v) is 6.62. The predicted octanol–water partition coefficient (Wildman–Crippen LogP) is 3.51. The van der Waals surface area contributed by atoms with E-state index in [1.165, 1.54) is 0 Å². The van der Waals surface area contributed by atoms with Crippen LogP contribution in [0.1, 0.15) is 18.2 Å². The molecule has 1 aromatic heterocycles. The lowest BCUT2D eigenvalue weighted by atomic mass is 10.2. The van der Waals surface area contributed by atoms with Crippen LogP contribution in [0.3, 0.4) is 0 Å². The van der Waals surface area contributed by atoms with E-state index < -0.39 is 0 Å². The molecule has 1 amide bonds. The van der Waals surface area contributed by atoms with Crippen LogP contribution in [0.4, 0.5) is 5.69 Å². The molecule has 1 aromatic carbocycles. The zero-order chi connectivity index (χ0) is 18.8. The SMILES string of the molecule is CCNC(=NCC(=O)Nc1cc(Br)ccc1C)NCCc1ccccn1.I. The zero-order valence-electron chi connectivity index (χ0n) is 15.5. The second kappa shape index (κ2) is 12.7. The van der Waals surface area contributed by atoms with E-state index in [1.807, 2.05) is 50.2 Å². The van der Waals surface area contributed by atoms with Crippen molar-refractivity contribution in [2.24, 2.45) is 4.99 Å². The minimum atomic E-state index is -0.159. The van der Waals surface area contributed by atoms with Gasteiger partial charge in [-0.25, -0.2) is 4.99 Å². The Morgan fingerprint density at radius 1 is 1.22 bits per heavy atom. The van der Waals surface area contributed by atoms with Crippen LogP contribution < -0.4 is 16.0 Å². The third-order valence-corrected chi connectivity index (χ3v) is 4.09. The number of pyridine rings is 1. The minimum Gasteiger partial charge on any atom is -0.357 e. The van der Waals surface area contributed by atoms with E-state index in [0.717, 1.165) is 34.4 Å². The van der Waals surface area contributed by atoms with Gasteiger partial charge in [0.25, 0.3) is 0 Å². The van der Waals surface area contributed by atoms with Gasteiger partial charge < -0.3 is 16.0 Å². The van der Waals surface area contributed by atoms with Gasteiger partial charge in [0.2, 0.25) is 5.91 Å². The first-order valence-corrected chi connectivity index (χ1v) is 9.36. The molecule has 146 valence electrons. The van der Waals surface area contributed by atoms with E-state index >= 15 is 0 Å². The van der Waals surface area contributed by atoms with Crippen LogP contribution >= 0.6 is 39.9 Å². The number of halogens is 2. The van der Waals surface area contributed by atoms with Crippen molar-refractivity contribution in [1.82, 2.24) is 15.6 Å². The fraction of sp³-hybridized carbons (Fsp3) is 0.316. The quantitative estimate of drug-likeness (QED) is 0.283. The molecule has 6 nitrogen and oxygen atoms in total. The van der Waals surface area contributed by atoms with Gasteiger partial charge in [-0.15, -0.1) is 24.0 Å². The van der Waals surface area contributed by atoms with Crippen LogP contribution in [-0.2, 0) is 11.2 Å². The summed E-state index contributed by atoms with van der Waals surface area (Å²) in [4.78, 5) is 20.8. The van der Waals surface area contributed by atoms with Crippen molar-refractivity contribution < 1.29 is 4.79 Å². The summed E-state index contributed by atoms with van der Waals surface area (Å²) in [5, 5.41) is 9.25. The third-order valence-electron chi connectivity index (χ3n) is 3.60. The van der Waals surface area contributed by atoms with Crippen LogP contribution in [0.15, 0.2) is 52.1 Å². The highest BCUT2D eigenvalue weighted by molar-refractivity contribution is 14.0. The number of nitrogens with one attached hydrogen (secondary N) is 3. The molecule has 0 fully saturated rings. The Hall–Kier alpha value is -1.68. The molecule has 8 heteroatoms. The van der Waals surface area contributed by atoms with Crippen molar-refractivity contribution in [3.8, 4) is 0 Å². The van der Waals surface area contributed by atoms with Gasteiger partial charge in [-0.05, 0) is 43.7 Å². The summed E-state index contributed by atoms with van der Waals surface area (Å²) in [6.07, 6.45) is 2.57. The molecule has 0 saturated heterocycles. The summed E-state index contributed by atoms with van der Waals surface area (Å²) >= 11 is 3.41. The lowest BCUT2D eigenvalue weighted by molar-refractivity contribution is -0.114. The number of carbonyl (C=O) groups is 1. The van der Waals surface area contributed by atoms with E-state index in [4.69, 9.17) is 0 Å². The monoisotopic (exact) mass is 545 g/mol. The fourth-order valence-electron chi connectivity index (χ4n) is 2.27. The minimum absolute atomic E-state index is 0. The maximum Gasteiger partial charge on any atom is 0.246 e. The standard InChI is InChI=1S/C19H24BrN5O.HI/c1-3-21-19(23-11-9-16-6-4-5-10-22-16)24-13-18(26)25-17-12-15(20)8-7-14(17)2;/h4-8,10,12H,3,9,11,13H2,1-2H3,(H,25,26)(H2,21,23,24);1H. The molecule has 0 aliphatic heterocycles. The van der Waals surface area contributed by atoms with E-state index in [2.05, 4.69) is 41.9 Å². The Labute approximate surface area is 185 Å².